The van der Waals surface area contributed by atoms with Crippen molar-refractivity contribution >= 4 is 50.5 Å². The van der Waals surface area contributed by atoms with Crippen LogP contribution in [0.3, 0.4) is 0 Å². The van der Waals surface area contributed by atoms with Crippen molar-refractivity contribution in [2.45, 2.75) is 9.79 Å². The summed E-state index contributed by atoms with van der Waals surface area (Å²) >= 11 is 5.20. The zero-order chi connectivity index (χ0) is 21.7. The van der Waals surface area contributed by atoms with E-state index in [1.54, 1.807) is 11.8 Å². The Morgan fingerprint density at radius 3 is 2.53 bits per heavy atom. The molecule has 0 atom stereocenters. The Hall–Kier alpha value is -3.35. The molecule has 1 N–H and O–H groups in total. The Labute approximate surface area is 197 Å². The van der Waals surface area contributed by atoms with Crippen molar-refractivity contribution in [3.05, 3.63) is 107 Å². The number of nitrogens with zero attached hydrogens (tertiary/aromatic N) is 2. The molecule has 0 unspecified atom stereocenters. The molecule has 32 heavy (non-hydrogen) atoms. The van der Waals surface area contributed by atoms with Gasteiger partial charge >= 0.3 is 0 Å². The Balaban J connectivity index is 1.46. The van der Waals surface area contributed by atoms with Crippen LogP contribution in [0, 0.1) is 0 Å². The van der Waals surface area contributed by atoms with Gasteiger partial charge in [0.1, 0.15) is 11.3 Å². The van der Waals surface area contributed by atoms with Gasteiger partial charge in [-0.25, -0.2) is 4.98 Å². The molecule has 0 amide bonds. The number of pyridine rings is 1. The first-order valence-electron chi connectivity index (χ1n) is 10.1. The first-order chi connectivity index (χ1) is 15.7. The lowest BCUT2D eigenvalue weighted by molar-refractivity contribution is 0.103. The van der Waals surface area contributed by atoms with Crippen molar-refractivity contribution in [3.63, 3.8) is 0 Å². The maximum absolute atomic E-state index is 13.7. The molecule has 0 aliphatic carbocycles. The van der Waals surface area contributed by atoms with E-state index in [4.69, 9.17) is 4.98 Å². The molecule has 0 saturated heterocycles. The summed E-state index contributed by atoms with van der Waals surface area (Å²) in [5, 5.41) is 3.46. The highest BCUT2D eigenvalue weighted by atomic mass is 79.9. The number of halogens is 1. The predicted molar refractivity (Wildman–Crippen MR) is 132 cm³/mol. The van der Waals surface area contributed by atoms with Crippen molar-refractivity contribution in [1.82, 2.24) is 9.38 Å². The van der Waals surface area contributed by atoms with Crippen LogP contribution in [-0.4, -0.2) is 15.2 Å². The van der Waals surface area contributed by atoms with Crippen LogP contribution in [0.25, 0.3) is 16.9 Å². The molecule has 154 valence electrons. The molecule has 0 bridgehead atoms. The monoisotopic (exact) mass is 497 g/mol. The standard InChI is InChI=1S/C26H16BrN3OS/c27-18-11-8-16(9-12-18)25-24(29-23-7-3-4-14-30(23)25)26(31)17-10-13-22-20(15-17)28-19-5-1-2-6-21(19)32-22/h1-15,28H. The number of benzene rings is 3. The van der Waals surface area contributed by atoms with Gasteiger partial charge < -0.3 is 5.32 Å². The number of para-hydroxylation sites is 1. The molecule has 6 heteroatoms. The zero-order valence-corrected chi connectivity index (χ0v) is 19.2. The highest BCUT2D eigenvalue weighted by molar-refractivity contribution is 9.10. The van der Waals surface area contributed by atoms with Gasteiger partial charge in [0.2, 0.25) is 5.78 Å². The topological polar surface area (TPSA) is 46.4 Å². The largest absolute Gasteiger partial charge is 0.354 e. The molecule has 1 aliphatic heterocycles. The van der Waals surface area contributed by atoms with Crippen LogP contribution >= 0.6 is 27.7 Å². The second kappa shape index (κ2) is 7.65. The fourth-order valence-electron chi connectivity index (χ4n) is 3.95. The van der Waals surface area contributed by atoms with E-state index in [-0.39, 0.29) is 5.78 Å². The SMILES string of the molecule is O=C(c1ccc2c(c1)Nc1ccccc1S2)c1nc2ccccn2c1-c1ccc(Br)cc1. The van der Waals surface area contributed by atoms with E-state index < -0.39 is 0 Å². The van der Waals surface area contributed by atoms with E-state index >= 15 is 0 Å². The number of fused-ring (bicyclic) bond motifs is 3. The van der Waals surface area contributed by atoms with E-state index in [0.717, 1.165) is 37.6 Å². The third-order valence-electron chi connectivity index (χ3n) is 5.48. The summed E-state index contributed by atoms with van der Waals surface area (Å²) in [4.78, 5) is 20.7. The minimum absolute atomic E-state index is 0.0972. The highest BCUT2D eigenvalue weighted by Crippen LogP contribution is 2.44. The lowest BCUT2D eigenvalue weighted by Gasteiger charge is -2.21. The number of rotatable bonds is 3. The van der Waals surface area contributed by atoms with Crippen LogP contribution in [0.1, 0.15) is 16.1 Å². The number of carbonyl (C=O) groups is 1. The molecule has 1 aliphatic rings. The van der Waals surface area contributed by atoms with Crippen LogP contribution in [0.4, 0.5) is 11.4 Å². The van der Waals surface area contributed by atoms with Crippen molar-refractivity contribution in [2.75, 3.05) is 5.32 Å². The summed E-state index contributed by atoms with van der Waals surface area (Å²) in [5.74, 6) is -0.0972. The predicted octanol–water partition coefficient (Wildman–Crippen LogP) is 7.20. The summed E-state index contributed by atoms with van der Waals surface area (Å²) in [6.07, 6.45) is 1.94. The van der Waals surface area contributed by atoms with Gasteiger partial charge in [-0.2, -0.15) is 0 Å². The fraction of sp³-hybridized carbons (Fsp3) is 0. The summed E-state index contributed by atoms with van der Waals surface area (Å²) in [5.41, 5.74) is 5.53. The van der Waals surface area contributed by atoms with E-state index in [9.17, 15) is 4.79 Å². The minimum atomic E-state index is -0.0972. The van der Waals surface area contributed by atoms with Gasteiger partial charge in [-0.1, -0.05) is 58.0 Å². The lowest BCUT2D eigenvalue weighted by Crippen LogP contribution is -2.07. The second-order valence-corrected chi connectivity index (χ2v) is 9.51. The average Bonchev–Trinajstić information content (AvgIpc) is 3.22. The number of carbonyl (C=O) groups excluding carboxylic acids is 1. The van der Waals surface area contributed by atoms with Crippen LogP contribution in [-0.2, 0) is 0 Å². The second-order valence-electron chi connectivity index (χ2n) is 7.51. The maximum Gasteiger partial charge on any atom is 0.213 e. The third-order valence-corrected chi connectivity index (χ3v) is 7.16. The quantitative estimate of drug-likeness (QED) is 0.262. The molecule has 0 radical (unpaired) electrons. The number of anilines is 2. The lowest BCUT2D eigenvalue weighted by atomic mass is 10.0. The van der Waals surface area contributed by atoms with Gasteiger partial charge in [0, 0.05) is 31.6 Å². The number of hydrogen-bond acceptors (Lipinski definition) is 4. The third kappa shape index (κ3) is 3.23. The molecule has 0 saturated carbocycles. The Kier molecular flexibility index (Phi) is 4.63. The molecular weight excluding hydrogens is 482 g/mol. The van der Waals surface area contributed by atoms with Crippen LogP contribution in [0.5, 0.6) is 0 Å². The van der Waals surface area contributed by atoms with E-state index in [0.29, 0.717) is 11.3 Å². The average molecular weight is 498 g/mol. The van der Waals surface area contributed by atoms with Crippen molar-refractivity contribution in [3.8, 4) is 11.3 Å². The molecule has 0 fully saturated rings. The van der Waals surface area contributed by atoms with E-state index in [2.05, 4.69) is 27.3 Å². The summed E-state index contributed by atoms with van der Waals surface area (Å²) in [6, 6.07) is 27.7. The van der Waals surface area contributed by atoms with E-state index in [1.165, 1.54) is 4.90 Å². The zero-order valence-electron chi connectivity index (χ0n) is 16.7. The highest BCUT2D eigenvalue weighted by Gasteiger charge is 2.23. The number of imidazole rings is 1. The summed E-state index contributed by atoms with van der Waals surface area (Å²) in [6.45, 7) is 0. The van der Waals surface area contributed by atoms with Gasteiger partial charge in [-0.15, -0.1) is 0 Å². The Morgan fingerprint density at radius 2 is 1.66 bits per heavy atom. The molecule has 0 spiro atoms. The van der Waals surface area contributed by atoms with Crippen LogP contribution < -0.4 is 5.32 Å². The molecule has 6 rings (SSSR count). The summed E-state index contributed by atoms with van der Waals surface area (Å²) < 4.78 is 2.96. The van der Waals surface area contributed by atoms with E-state index in [1.807, 2.05) is 89.5 Å². The van der Waals surface area contributed by atoms with Gasteiger partial charge in [0.05, 0.1) is 17.1 Å². The normalized spacial score (nSPS) is 12.2. The fourth-order valence-corrected chi connectivity index (χ4v) is 5.19. The molecular formula is C26H16BrN3OS. The van der Waals surface area contributed by atoms with Gasteiger partial charge in [0.15, 0.2) is 0 Å². The molecule has 3 aromatic carbocycles. The Bertz CT molecular complexity index is 1510. The van der Waals surface area contributed by atoms with Gasteiger partial charge in [-0.3, -0.25) is 9.20 Å². The van der Waals surface area contributed by atoms with Gasteiger partial charge in [0.25, 0.3) is 0 Å². The minimum Gasteiger partial charge on any atom is -0.354 e. The molecule has 2 aromatic heterocycles. The van der Waals surface area contributed by atoms with Crippen molar-refractivity contribution < 1.29 is 4.79 Å². The van der Waals surface area contributed by atoms with Crippen molar-refractivity contribution in [2.24, 2.45) is 0 Å². The smallest absolute Gasteiger partial charge is 0.213 e. The van der Waals surface area contributed by atoms with Crippen LogP contribution in [0.15, 0.2) is 105 Å². The molecule has 4 nitrogen and oxygen atoms in total. The van der Waals surface area contributed by atoms with Crippen LogP contribution in [0.2, 0.25) is 0 Å². The van der Waals surface area contributed by atoms with Crippen molar-refractivity contribution in [1.29, 1.82) is 0 Å². The Morgan fingerprint density at radius 1 is 0.875 bits per heavy atom. The molecule has 3 heterocycles. The number of ketones is 1. The first-order valence-corrected chi connectivity index (χ1v) is 11.7. The maximum atomic E-state index is 13.7. The molecule has 5 aromatic rings. The number of nitrogens with one attached hydrogen (secondary N) is 1. The summed E-state index contributed by atoms with van der Waals surface area (Å²) in [7, 11) is 0. The first kappa shape index (κ1) is 19.3. The number of hydrogen-bond donors (Lipinski definition) is 1. The van der Waals surface area contributed by atoms with Gasteiger partial charge in [-0.05, 0) is 54.6 Å². The number of aromatic nitrogens is 2.